The molecule has 0 aromatic carbocycles. The molecule has 0 spiro atoms. The van der Waals surface area contributed by atoms with E-state index in [0.717, 1.165) is 11.6 Å². The number of aromatic nitrogens is 1. The predicted molar refractivity (Wildman–Crippen MR) is 60.6 cm³/mol. The normalized spacial score (nSPS) is 13.0. The number of likely N-dealkylation sites (N-methyl/N-ethyl adjacent to an activating group) is 1. The molecule has 15 heavy (non-hydrogen) atoms. The summed E-state index contributed by atoms with van der Waals surface area (Å²) >= 11 is 1.43. The van der Waals surface area contributed by atoms with Crippen LogP contribution in [0.25, 0.3) is 0 Å². The Labute approximate surface area is 93.3 Å². The topological polar surface area (TPSA) is 71.2 Å². The van der Waals surface area contributed by atoms with E-state index in [1.165, 1.54) is 11.3 Å². The molecular formula is C9H16N4OS. The van der Waals surface area contributed by atoms with Gasteiger partial charge in [-0.05, 0) is 14.1 Å². The molecule has 1 unspecified atom stereocenters. The third-order valence-corrected chi connectivity index (χ3v) is 2.73. The minimum atomic E-state index is -0.468. The third kappa shape index (κ3) is 3.94. The second-order valence-electron chi connectivity index (χ2n) is 3.46. The van der Waals surface area contributed by atoms with Gasteiger partial charge >= 0.3 is 0 Å². The number of nitrogens with zero attached hydrogens (tertiary/aromatic N) is 2. The zero-order chi connectivity index (χ0) is 11.3. The van der Waals surface area contributed by atoms with Gasteiger partial charge < -0.3 is 10.6 Å². The maximum absolute atomic E-state index is 11.2. The molecule has 3 N–H and O–H groups in total. The molecule has 1 atom stereocenters. The smallest absolute Gasteiger partial charge is 0.241 e. The lowest BCUT2D eigenvalue weighted by Crippen LogP contribution is -2.37. The number of nitrogens with one attached hydrogen (secondary N) is 1. The fraction of sp³-hybridized carbons (Fsp3) is 0.556. The number of nitrogens with two attached hydrogens (primary N) is 1. The summed E-state index contributed by atoms with van der Waals surface area (Å²) in [6.45, 7) is 1.56. The summed E-state index contributed by atoms with van der Waals surface area (Å²) in [6, 6.07) is -0.468. The van der Waals surface area contributed by atoms with Crippen molar-refractivity contribution in [3.05, 3.63) is 16.6 Å². The Balaban J connectivity index is 2.49. The fourth-order valence-corrected chi connectivity index (χ4v) is 1.84. The van der Waals surface area contributed by atoms with Crippen LogP contribution < -0.4 is 11.1 Å². The fourth-order valence-electron chi connectivity index (χ4n) is 1.12. The van der Waals surface area contributed by atoms with Crippen LogP contribution >= 0.6 is 11.3 Å². The molecule has 5 nitrogen and oxygen atoms in total. The quantitative estimate of drug-likeness (QED) is 0.708. The van der Waals surface area contributed by atoms with Crippen LogP contribution in [0.4, 0.5) is 0 Å². The number of carbonyl (C=O) groups is 1. The van der Waals surface area contributed by atoms with E-state index >= 15 is 0 Å². The molecule has 0 aliphatic heterocycles. The second kappa shape index (κ2) is 5.79. The lowest BCUT2D eigenvalue weighted by molar-refractivity contribution is -0.120. The average Bonchev–Trinajstić information content (AvgIpc) is 2.63. The number of hydrogen-bond donors (Lipinski definition) is 2. The predicted octanol–water partition coefficient (Wildman–Crippen LogP) is -0.179. The van der Waals surface area contributed by atoms with Crippen LogP contribution in [0.2, 0.25) is 0 Å². The van der Waals surface area contributed by atoms with E-state index in [1.807, 2.05) is 24.4 Å². The van der Waals surface area contributed by atoms with Gasteiger partial charge in [-0.15, -0.1) is 11.3 Å². The summed E-state index contributed by atoms with van der Waals surface area (Å²) in [5, 5.41) is 5.64. The molecule has 1 aromatic heterocycles. The zero-order valence-electron chi connectivity index (χ0n) is 8.93. The van der Waals surface area contributed by atoms with E-state index < -0.39 is 6.04 Å². The monoisotopic (exact) mass is 228 g/mol. The summed E-state index contributed by atoms with van der Waals surface area (Å²) in [4.78, 5) is 17.3. The Morgan fingerprint density at radius 3 is 2.93 bits per heavy atom. The largest absolute Gasteiger partial charge is 0.368 e. The van der Waals surface area contributed by atoms with Gasteiger partial charge in [0.1, 0.15) is 11.0 Å². The van der Waals surface area contributed by atoms with E-state index in [4.69, 9.17) is 5.73 Å². The molecule has 0 fully saturated rings. The van der Waals surface area contributed by atoms with Gasteiger partial charge in [-0.3, -0.25) is 10.1 Å². The molecule has 0 bridgehead atoms. The second-order valence-corrected chi connectivity index (χ2v) is 4.39. The first-order valence-corrected chi connectivity index (χ1v) is 5.56. The molecule has 84 valence electrons. The number of carbonyl (C=O) groups excluding carboxylic acids is 1. The standard InChI is InChI=1S/C9H16N4OS/c1-13(2)5-3-11-7(8(10)14)9-12-4-6-15-9/h4,6-7,11H,3,5H2,1-2H3,(H2,10,14). The number of primary amides is 1. The Hall–Kier alpha value is -0.980. The van der Waals surface area contributed by atoms with Crippen molar-refractivity contribution < 1.29 is 4.79 Å². The Morgan fingerprint density at radius 2 is 2.47 bits per heavy atom. The molecule has 0 saturated carbocycles. The first-order valence-electron chi connectivity index (χ1n) is 4.68. The number of amides is 1. The molecule has 6 heteroatoms. The number of hydrogen-bond acceptors (Lipinski definition) is 5. The molecule has 0 saturated heterocycles. The highest BCUT2D eigenvalue weighted by atomic mass is 32.1. The van der Waals surface area contributed by atoms with Gasteiger partial charge in [0.25, 0.3) is 0 Å². The highest BCUT2D eigenvalue weighted by Gasteiger charge is 2.19. The minimum absolute atomic E-state index is 0.385. The molecule has 0 radical (unpaired) electrons. The molecule has 0 aliphatic rings. The molecule has 0 aliphatic carbocycles. The van der Waals surface area contributed by atoms with Gasteiger partial charge in [0.15, 0.2) is 0 Å². The SMILES string of the molecule is CN(C)CCNC(C(N)=O)c1nccs1. The van der Waals surface area contributed by atoms with Crippen molar-refractivity contribution in [2.24, 2.45) is 5.73 Å². The molecule has 1 amide bonds. The van der Waals surface area contributed by atoms with Crippen molar-refractivity contribution in [3.63, 3.8) is 0 Å². The van der Waals surface area contributed by atoms with Crippen molar-refractivity contribution in [3.8, 4) is 0 Å². The first kappa shape index (κ1) is 12.1. The van der Waals surface area contributed by atoms with Crippen molar-refractivity contribution in [2.45, 2.75) is 6.04 Å². The van der Waals surface area contributed by atoms with Crippen molar-refractivity contribution >= 4 is 17.2 Å². The number of rotatable bonds is 6. The molecule has 1 heterocycles. The average molecular weight is 228 g/mol. The lowest BCUT2D eigenvalue weighted by Gasteiger charge is -2.15. The summed E-state index contributed by atoms with van der Waals surface area (Å²) in [6.07, 6.45) is 1.67. The van der Waals surface area contributed by atoms with E-state index in [-0.39, 0.29) is 5.91 Å². The molecule has 1 rings (SSSR count). The molecule has 1 aromatic rings. The van der Waals surface area contributed by atoms with Crippen LogP contribution in [0.5, 0.6) is 0 Å². The zero-order valence-corrected chi connectivity index (χ0v) is 9.75. The highest BCUT2D eigenvalue weighted by Crippen LogP contribution is 2.14. The van der Waals surface area contributed by atoms with Gasteiger partial charge in [0.2, 0.25) is 5.91 Å². The van der Waals surface area contributed by atoms with E-state index in [2.05, 4.69) is 10.3 Å². The first-order chi connectivity index (χ1) is 7.11. The van der Waals surface area contributed by atoms with Gasteiger partial charge in [-0.1, -0.05) is 0 Å². The highest BCUT2D eigenvalue weighted by molar-refractivity contribution is 7.09. The van der Waals surface area contributed by atoms with Crippen LogP contribution in [0.15, 0.2) is 11.6 Å². The van der Waals surface area contributed by atoms with Crippen LogP contribution in [0, 0.1) is 0 Å². The minimum Gasteiger partial charge on any atom is -0.368 e. The van der Waals surface area contributed by atoms with Crippen LogP contribution in [0.1, 0.15) is 11.0 Å². The molecular weight excluding hydrogens is 212 g/mol. The van der Waals surface area contributed by atoms with Crippen molar-refractivity contribution in [1.29, 1.82) is 0 Å². The maximum atomic E-state index is 11.2. The summed E-state index contributed by atoms with van der Waals surface area (Å²) < 4.78 is 0. The van der Waals surface area contributed by atoms with Crippen LogP contribution in [0.3, 0.4) is 0 Å². The van der Waals surface area contributed by atoms with Crippen molar-refractivity contribution in [1.82, 2.24) is 15.2 Å². The Morgan fingerprint density at radius 1 is 1.73 bits per heavy atom. The van der Waals surface area contributed by atoms with Crippen LogP contribution in [-0.2, 0) is 4.79 Å². The third-order valence-electron chi connectivity index (χ3n) is 1.89. The van der Waals surface area contributed by atoms with E-state index in [1.54, 1.807) is 6.20 Å². The van der Waals surface area contributed by atoms with E-state index in [0.29, 0.717) is 6.54 Å². The van der Waals surface area contributed by atoms with Gasteiger partial charge in [-0.25, -0.2) is 4.98 Å². The van der Waals surface area contributed by atoms with Crippen LogP contribution in [-0.4, -0.2) is 43.0 Å². The Bertz CT molecular complexity index is 299. The summed E-state index contributed by atoms with van der Waals surface area (Å²) in [7, 11) is 3.95. The van der Waals surface area contributed by atoms with Crippen molar-refractivity contribution in [2.75, 3.05) is 27.2 Å². The van der Waals surface area contributed by atoms with Gasteiger partial charge in [0, 0.05) is 24.7 Å². The van der Waals surface area contributed by atoms with Gasteiger partial charge in [-0.2, -0.15) is 0 Å². The summed E-state index contributed by atoms with van der Waals surface area (Å²) in [5.74, 6) is -0.385. The van der Waals surface area contributed by atoms with E-state index in [9.17, 15) is 4.79 Å². The lowest BCUT2D eigenvalue weighted by atomic mass is 10.3. The Kier molecular flexibility index (Phi) is 4.67. The number of thiazole rings is 1. The van der Waals surface area contributed by atoms with Gasteiger partial charge in [0.05, 0.1) is 0 Å². The maximum Gasteiger partial charge on any atom is 0.241 e. The summed E-state index contributed by atoms with van der Waals surface area (Å²) in [5.41, 5.74) is 5.30.